The Morgan fingerprint density at radius 2 is 1.41 bits per heavy atom. The van der Waals surface area contributed by atoms with Crippen LogP contribution in [0, 0.1) is 0 Å². The van der Waals surface area contributed by atoms with Crippen molar-refractivity contribution >= 4 is 17.5 Å². The predicted molar refractivity (Wildman–Crippen MR) is 103 cm³/mol. The number of hydrogen-bond acceptors (Lipinski definition) is 4. The molecule has 1 heterocycles. The minimum Gasteiger partial charge on any atom is -0.346 e. The maximum absolute atomic E-state index is 12.3. The summed E-state index contributed by atoms with van der Waals surface area (Å²) in [7, 11) is 0. The van der Waals surface area contributed by atoms with Crippen molar-refractivity contribution in [1.29, 1.82) is 0 Å². The number of aromatic nitrogens is 1. The van der Waals surface area contributed by atoms with Gasteiger partial charge in [-0.15, -0.1) is 0 Å². The summed E-state index contributed by atoms with van der Waals surface area (Å²) in [6.07, 6.45) is 3.05. The quantitative estimate of drug-likeness (QED) is 0.525. The second-order valence-corrected chi connectivity index (χ2v) is 5.66. The molecule has 0 atom stereocenters. The van der Waals surface area contributed by atoms with E-state index in [9.17, 15) is 9.59 Å². The Kier molecular flexibility index (Phi) is 6.04. The van der Waals surface area contributed by atoms with E-state index in [1.165, 1.54) is 6.20 Å². The molecule has 0 aliphatic heterocycles. The molecule has 0 saturated heterocycles. The molecule has 0 saturated carbocycles. The average Bonchev–Trinajstić information content (AvgIpc) is 2.75. The van der Waals surface area contributed by atoms with Crippen LogP contribution >= 0.6 is 0 Å². The Balaban J connectivity index is 1.73. The number of hydrogen-bond donors (Lipinski definition) is 2. The molecule has 3 rings (SSSR count). The fourth-order valence-corrected chi connectivity index (χ4v) is 2.37. The Morgan fingerprint density at radius 1 is 0.778 bits per heavy atom. The van der Waals surface area contributed by atoms with Gasteiger partial charge in [-0.2, -0.15) is 5.10 Å². The predicted octanol–water partition coefficient (Wildman–Crippen LogP) is 2.65. The summed E-state index contributed by atoms with van der Waals surface area (Å²) in [4.78, 5) is 28.4. The van der Waals surface area contributed by atoms with Crippen LogP contribution in [0.3, 0.4) is 0 Å². The summed E-state index contributed by atoms with van der Waals surface area (Å²) in [5.41, 5.74) is 4.83. The van der Waals surface area contributed by atoms with E-state index in [1.54, 1.807) is 42.6 Å². The summed E-state index contributed by atoms with van der Waals surface area (Å²) in [6.45, 7) is 0.172. The van der Waals surface area contributed by atoms with Crippen LogP contribution in [-0.2, 0) is 0 Å². The van der Waals surface area contributed by atoms with Crippen LogP contribution in [0.2, 0.25) is 0 Å². The van der Waals surface area contributed by atoms with Crippen LogP contribution in [0.1, 0.15) is 26.3 Å². The number of carbonyl (C=O) groups is 2. The molecule has 27 heavy (non-hydrogen) atoms. The highest BCUT2D eigenvalue weighted by Crippen LogP contribution is 2.03. The zero-order valence-electron chi connectivity index (χ0n) is 14.5. The van der Waals surface area contributed by atoms with Crippen LogP contribution in [-0.4, -0.2) is 29.1 Å². The molecular formula is C21H18N4O2. The lowest BCUT2D eigenvalue weighted by Gasteiger charge is -2.09. The van der Waals surface area contributed by atoms with Gasteiger partial charge in [0.1, 0.15) is 0 Å². The molecule has 2 N–H and O–H groups in total. The van der Waals surface area contributed by atoms with E-state index < -0.39 is 0 Å². The number of nitrogens with zero attached hydrogens (tertiary/aromatic N) is 2. The van der Waals surface area contributed by atoms with E-state index in [4.69, 9.17) is 0 Å². The van der Waals surface area contributed by atoms with E-state index in [2.05, 4.69) is 20.8 Å². The van der Waals surface area contributed by atoms with Gasteiger partial charge in [-0.1, -0.05) is 48.5 Å². The highest BCUT2D eigenvalue weighted by atomic mass is 16.2. The van der Waals surface area contributed by atoms with Gasteiger partial charge < -0.3 is 5.32 Å². The molecule has 0 bridgehead atoms. The summed E-state index contributed by atoms with van der Waals surface area (Å²) in [5, 5.41) is 7.04. The zero-order chi connectivity index (χ0) is 18.9. The van der Waals surface area contributed by atoms with Gasteiger partial charge in [0.25, 0.3) is 11.8 Å². The van der Waals surface area contributed by atoms with E-state index >= 15 is 0 Å². The fourth-order valence-electron chi connectivity index (χ4n) is 2.37. The Hall–Kier alpha value is -3.80. The van der Waals surface area contributed by atoms with Crippen LogP contribution in [0.15, 0.2) is 90.3 Å². The van der Waals surface area contributed by atoms with Crippen molar-refractivity contribution in [3.8, 4) is 0 Å². The zero-order valence-corrected chi connectivity index (χ0v) is 14.5. The monoisotopic (exact) mass is 358 g/mol. The molecule has 0 spiro atoms. The van der Waals surface area contributed by atoms with Gasteiger partial charge in [0.15, 0.2) is 0 Å². The lowest BCUT2D eigenvalue weighted by Crippen LogP contribution is -2.32. The molecule has 2 amide bonds. The largest absolute Gasteiger partial charge is 0.346 e. The van der Waals surface area contributed by atoms with Gasteiger partial charge >= 0.3 is 0 Å². The van der Waals surface area contributed by atoms with Gasteiger partial charge in [-0.3, -0.25) is 14.6 Å². The highest BCUT2D eigenvalue weighted by molar-refractivity contribution is 6.06. The maximum atomic E-state index is 12.3. The molecule has 3 aromatic rings. The van der Waals surface area contributed by atoms with Crippen molar-refractivity contribution in [2.45, 2.75) is 0 Å². The molecule has 6 heteroatoms. The molecule has 2 aromatic carbocycles. The van der Waals surface area contributed by atoms with Gasteiger partial charge in [0.05, 0.1) is 17.8 Å². The Labute approximate surface area is 157 Å². The molecule has 134 valence electrons. The van der Waals surface area contributed by atoms with Crippen LogP contribution in [0.4, 0.5) is 0 Å². The average molecular weight is 358 g/mol. The number of benzene rings is 2. The Bertz CT molecular complexity index is 926. The van der Waals surface area contributed by atoms with Crippen LogP contribution in [0.5, 0.6) is 0 Å². The van der Waals surface area contributed by atoms with Crippen molar-refractivity contribution in [2.75, 3.05) is 6.54 Å². The van der Waals surface area contributed by atoms with Crippen LogP contribution < -0.4 is 10.7 Å². The lowest BCUT2D eigenvalue weighted by molar-refractivity contribution is 0.0951. The van der Waals surface area contributed by atoms with Gasteiger partial charge in [0, 0.05) is 18.0 Å². The SMILES string of the molecule is O=C(NC/C(=N\NC(=O)c1cccnc1)c1ccccc1)c1ccccc1. The van der Waals surface area contributed by atoms with E-state index in [0.29, 0.717) is 16.8 Å². The third-order valence-electron chi connectivity index (χ3n) is 3.78. The molecule has 0 radical (unpaired) electrons. The summed E-state index contributed by atoms with van der Waals surface area (Å²) in [6, 6.07) is 21.6. The van der Waals surface area contributed by atoms with Crippen LogP contribution in [0.25, 0.3) is 0 Å². The third-order valence-corrected chi connectivity index (χ3v) is 3.78. The number of amides is 2. The number of rotatable bonds is 6. The van der Waals surface area contributed by atoms with Crippen molar-refractivity contribution < 1.29 is 9.59 Å². The van der Waals surface area contributed by atoms with Gasteiger partial charge in [-0.25, -0.2) is 5.43 Å². The second-order valence-electron chi connectivity index (χ2n) is 5.66. The van der Waals surface area contributed by atoms with E-state index in [-0.39, 0.29) is 18.4 Å². The lowest BCUT2D eigenvalue weighted by atomic mass is 10.1. The number of nitrogens with one attached hydrogen (secondary N) is 2. The van der Waals surface area contributed by atoms with Crippen molar-refractivity contribution in [3.63, 3.8) is 0 Å². The number of carbonyl (C=O) groups excluding carboxylic acids is 2. The smallest absolute Gasteiger partial charge is 0.272 e. The van der Waals surface area contributed by atoms with Crippen molar-refractivity contribution in [3.05, 3.63) is 102 Å². The van der Waals surface area contributed by atoms with E-state index in [1.807, 2.05) is 36.4 Å². The molecule has 0 aliphatic rings. The standard InChI is InChI=1S/C21H18N4O2/c26-20(17-10-5-2-6-11-17)23-15-19(16-8-3-1-4-9-16)24-25-21(27)18-12-7-13-22-14-18/h1-14H,15H2,(H,23,26)(H,25,27)/b24-19+. The molecule has 0 fully saturated rings. The van der Waals surface area contributed by atoms with Crippen molar-refractivity contribution in [1.82, 2.24) is 15.7 Å². The first-order chi connectivity index (χ1) is 13.2. The highest BCUT2D eigenvalue weighted by Gasteiger charge is 2.10. The molecular weight excluding hydrogens is 340 g/mol. The summed E-state index contributed by atoms with van der Waals surface area (Å²) >= 11 is 0. The first-order valence-electron chi connectivity index (χ1n) is 8.39. The minimum absolute atomic E-state index is 0.172. The fraction of sp³-hybridized carbons (Fsp3) is 0.0476. The molecule has 0 unspecified atom stereocenters. The first kappa shape index (κ1) is 18.0. The summed E-state index contributed by atoms with van der Waals surface area (Å²) < 4.78 is 0. The third kappa shape index (κ3) is 5.09. The van der Waals surface area contributed by atoms with Gasteiger partial charge in [0.2, 0.25) is 0 Å². The topological polar surface area (TPSA) is 83.5 Å². The Morgan fingerprint density at radius 3 is 2.04 bits per heavy atom. The molecule has 1 aromatic heterocycles. The van der Waals surface area contributed by atoms with E-state index in [0.717, 1.165) is 5.56 Å². The number of hydrazone groups is 1. The molecule has 0 aliphatic carbocycles. The van der Waals surface area contributed by atoms with Gasteiger partial charge in [-0.05, 0) is 29.8 Å². The maximum Gasteiger partial charge on any atom is 0.272 e. The minimum atomic E-state index is -0.370. The number of pyridine rings is 1. The van der Waals surface area contributed by atoms with Crippen molar-refractivity contribution in [2.24, 2.45) is 5.10 Å². The normalized spacial score (nSPS) is 10.9. The first-order valence-corrected chi connectivity index (χ1v) is 8.39. The second kappa shape index (κ2) is 9.05. The molecule has 6 nitrogen and oxygen atoms in total. The summed E-state index contributed by atoms with van der Waals surface area (Å²) in [5.74, 6) is -0.580.